The van der Waals surface area contributed by atoms with E-state index in [4.69, 9.17) is 10.5 Å². The second-order valence-electron chi connectivity index (χ2n) is 2.32. The number of hydrogen-bond donors (Lipinski definition) is 1. The van der Waals surface area contributed by atoms with E-state index < -0.39 is 0 Å². The molecule has 56 valence electrons. The Morgan fingerprint density at radius 1 is 1.56 bits per heavy atom. The largest absolute Gasteiger partial charge is 0.381 e. The van der Waals surface area contributed by atoms with Gasteiger partial charge in [0.05, 0.1) is 6.61 Å². The van der Waals surface area contributed by atoms with Crippen molar-refractivity contribution in [2.45, 2.75) is 12.8 Å². The lowest BCUT2D eigenvalue weighted by atomic mass is 10.0. The van der Waals surface area contributed by atoms with E-state index in [1.54, 1.807) is 0 Å². The van der Waals surface area contributed by atoms with Gasteiger partial charge in [0.2, 0.25) is 0 Å². The van der Waals surface area contributed by atoms with E-state index in [2.05, 4.69) is 0 Å². The van der Waals surface area contributed by atoms with Crippen LogP contribution in [0.3, 0.4) is 0 Å². The van der Waals surface area contributed by atoms with Crippen molar-refractivity contribution >= 4 is 12.4 Å². The SMILES string of the molecule is Cl.NC[C@H]1CCCOC1. The molecule has 2 nitrogen and oxygen atoms in total. The molecule has 1 atom stereocenters. The van der Waals surface area contributed by atoms with Gasteiger partial charge in [-0.25, -0.2) is 0 Å². The van der Waals surface area contributed by atoms with E-state index in [9.17, 15) is 0 Å². The molecule has 3 heteroatoms. The van der Waals surface area contributed by atoms with Gasteiger partial charge >= 0.3 is 0 Å². The molecule has 1 heterocycles. The van der Waals surface area contributed by atoms with Crippen molar-refractivity contribution in [2.75, 3.05) is 19.8 Å². The predicted molar refractivity (Wildman–Crippen MR) is 39.8 cm³/mol. The quantitative estimate of drug-likeness (QED) is 0.602. The second kappa shape index (κ2) is 5.03. The van der Waals surface area contributed by atoms with E-state index in [-0.39, 0.29) is 12.4 Å². The summed E-state index contributed by atoms with van der Waals surface area (Å²) in [6.45, 7) is 2.62. The Morgan fingerprint density at radius 2 is 2.33 bits per heavy atom. The molecule has 2 N–H and O–H groups in total. The van der Waals surface area contributed by atoms with Crippen molar-refractivity contribution < 1.29 is 4.74 Å². The maximum Gasteiger partial charge on any atom is 0.0506 e. The lowest BCUT2D eigenvalue weighted by Gasteiger charge is -2.19. The Bertz CT molecular complexity index is 64.1. The molecule has 9 heavy (non-hydrogen) atoms. The molecular formula is C6H14ClNO. The van der Waals surface area contributed by atoms with E-state index in [1.807, 2.05) is 0 Å². The van der Waals surface area contributed by atoms with E-state index in [0.29, 0.717) is 5.92 Å². The summed E-state index contributed by atoms with van der Waals surface area (Å²) in [6.07, 6.45) is 2.46. The average Bonchev–Trinajstić information content (AvgIpc) is 1.90. The molecule has 0 aliphatic carbocycles. The minimum absolute atomic E-state index is 0. The fourth-order valence-corrected chi connectivity index (χ4v) is 0.993. The van der Waals surface area contributed by atoms with Gasteiger partial charge in [0.25, 0.3) is 0 Å². The predicted octanol–water partition coefficient (Wildman–Crippen LogP) is 0.793. The van der Waals surface area contributed by atoms with Gasteiger partial charge in [-0.3, -0.25) is 0 Å². The van der Waals surface area contributed by atoms with Gasteiger partial charge in [-0.15, -0.1) is 12.4 Å². The Labute approximate surface area is 62.2 Å². The Kier molecular flexibility index (Phi) is 5.15. The molecule has 0 aromatic heterocycles. The summed E-state index contributed by atoms with van der Waals surface area (Å²) >= 11 is 0. The van der Waals surface area contributed by atoms with Crippen LogP contribution in [0.1, 0.15) is 12.8 Å². The molecule has 0 aromatic rings. The summed E-state index contributed by atoms with van der Waals surface area (Å²) < 4.78 is 5.19. The molecule has 1 saturated heterocycles. The first-order chi connectivity index (χ1) is 3.93. The standard InChI is InChI=1S/C6H13NO.ClH/c7-4-6-2-1-3-8-5-6;/h6H,1-5,7H2;1H/t6-;/m1./s1. The molecule has 0 spiro atoms. The van der Waals surface area contributed by atoms with Crippen LogP contribution >= 0.6 is 12.4 Å². The van der Waals surface area contributed by atoms with Crippen molar-refractivity contribution in [3.63, 3.8) is 0 Å². The highest BCUT2D eigenvalue weighted by Gasteiger charge is 2.10. The Hall–Kier alpha value is 0.210. The normalized spacial score (nSPS) is 27.0. The summed E-state index contributed by atoms with van der Waals surface area (Å²) in [5, 5.41) is 0. The average molecular weight is 152 g/mol. The molecule has 0 radical (unpaired) electrons. The van der Waals surface area contributed by atoms with Crippen LogP contribution in [0.15, 0.2) is 0 Å². The third-order valence-electron chi connectivity index (χ3n) is 1.59. The van der Waals surface area contributed by atoms with Crippen LogP contribution in [0.2, 0.25) is 0 Å². The molecule has 0 amide bonds. The fraction of sp³-hybridized carbons (Fsp3) is 1.00. The molecule has 0 aromatic carbocycles. The molecule has 1 aliphatic rings. The molecule has 1 fully saturated rings. The highest BCUT2D eigenvalue weighted by atomic mass is 35.5. The van der Waals surface area contributed by atoms with Crippen LogP contribution in [0.5, 0.6) is 0 Å². The van der Waals surface area contributed by atoms with Crippen LogP contribution in [0, 0.1) is 5.92 Å². The van der Waals surface area contributed by atoms with Crippen molar-refractivity contribution in [2.24, 2.45) is 11.7 Å². The van der Waals surface area contributed by atoms with E-state index >= 15 is 0 Å². The maximum atomic E-state index is 5.42. The molecule has 1 aliphatic heterocycles. The Balaban J connectivity index is 0.000000640. The molecule has 1 rings (SSSR count). The number of rotatable bonds is 1. The van der Waals surface area contributed by atoms with Gasteiger partial charge in [-0.1, -0.05) is 0 Å². The summed E-state index contributed by atoms with van der Waals surface area (Å²) in [7, 11) is 0. The fourth-order valence-electron chi connectivity index (χ4n) is 0.993. The molecule has 0 unspecified atom stereocenters. The Morgan fingerprint density at radius 3 is 2.67 bits per heavy atom. The van der Waals surface area contributed by atoms with Crippen LogP contribution in [0.4, 0.5) is 0 Å². The number of halogens is 1. The summed E-state index contributed by atoms with van der Waals surface area (Å²) in [4.78, 5) is 0. The first-order valence-electron chi connectivity index (χ1n) is 3.21. The van der Waals surface area contributed by atoms with Gasteiger partial charge in [0.1, 0.15) is 0 Å². The van der Waals surface area contributed by atoms with Crippen LogP contribution in [-0.4, -0.2) is 19.8 Å². The van der Waals surface area contributed by atoms with Gasteiger partial charge in [-0.05, 0) is 25.3 Å². The summed E-state index contributed by atoms with van der Waals surface area (Å²) in [6, 6.07) is 0. The van der Waals surface area contributed by atoms with E-state index in [0.717, 1.165) is 19.8 Å². The zero-order chi connectivity index (χ0) is 5.82. The zero-order valence-electron chi connectivity index (χ0n) is 5.51. The van der Waals surface area contributed by atoms with Crippen molar-refractivity contribution in [1.82, 2.24) is 0 Å². The lowest BCUT2D eigenvalue weighted by Crippen LogP contribution is -2.24. The molecule has 0 saturated carbocycles. The molecular weight excluding hydrogens is 138 g/mol. The van der Waals surface area contributed by atoms with E-state index in [1.165, 1.54) is 12.8 Å². The van der Waals surface area contributed by atoms with Crippen molar-refractivity contribution in [3.8, 4) is 0 Å². The summed E-state index contributed by atoms with van der Waals surface area (Å²) in [5.74, 6) is 0.642. The van der Waals surface area contributed by atoms with Crippen LogP contribution in [-0.2, 0) is 4.74 Å². The minimum Gasteiger partial charge on any atom is -0.381 e. The van der Waals surface area contributed by atoms with Gasteiger partial charge in [0.15, 0.2) is 0 Å². The van der Waals surface area contributed by atoms with Gasteiger partial charge in [0, 0.05) is 6.61 Å². The van der Waals surface area contributed by atoms with Gasteiger partial charge < -0.3 is 10.5 Å². The lowest BCUT2D eigenvalue weighted by molar-refractivity contribution is 0.0580. The molecule has 0 bridgehead atoms. The number of hydrogen-bond acceptors (Lipinski definition) is 2. The van der Waals surface area contributed by atoms with Crippen LogP contribution < -0.4 is 5.73 Å². The third kappa shape index (κ3) is 3.04. The number of ether oxygens (including phenoxy) is 1. The summed E-state index contributed by atoms with van der Waals surface area (Å²) in [5.41, 5.74) is 5.42. The zero-order valence-corrected chi connectivity index (χ0v) is 6.32. The smallest absolute Gasteiger partial charge is 0.0506 e. The second-order valence-corrected chi connectivity index (χ2v) is 2.32. The monoisotopic (exact) mass is 151 g/mol. The van der Waals surface area contributed by atoms with Crippen molar-refractivity contribution in [1.29, 1.82) is 0 Å². The highest BCUT2D eigenvalue weighted by Crippen LogP contribution is 2.10. The number of nitrogens with two attached hydrogens (primary N) is 1. The van der Waals surface area contributed by atoms with Crippen molar-refractivity contribution in [3.05, 3.63) is 0 Å². The first kappa shape index (κ1) is 9.21. The minimum atomic E-state index is 0. The first-order valence-corrected chi connectivity index (χ1v) is 3.21. The maximum absolute atomic E-state index is 5.42. The third-order valence-corrected chi connectivity index (χ3v) is 1.59. The topological polar surface area (TPSA) is 35.2 Å². The van der Waals surface area contributed by atoms with Gasteiger partial charge in [-0.2, -0.15) is 0 Å². The highest BCUT2D eigenvalue weighted by molar-refractivity contribution is 5.85. The van der Waals surface area contributed by atoms with Crippen LogP contribution in [0.25, 0.3) is 0 Å².